The van der Waals surface area contributed by atoms with Crippen LogP contribution in [0, 0.1) is 0 Å². The summed E-state index contributed by atoms with van der Waals surface area (Å²) in [6.07, 6.45) is 3.60. The molecule has 6 N–H and O–H groups in total. The number of anilines is 1. The van der Waals surface area contributed by atoms with E-state index in [0.29, 0.717) is 37.9 Å². The number of piperazine rings is 1. The van der Waals surface area contributed by atoms with E-state index in [0.717, 1.165) is 32.5 Å². The lowest BCUT2D eigenvalue weighted by Crippen LogP contribution is -2.55. The van der Waals surface area contributed by atoms with Crippen molar-refractivity contribution in [3.63, 3.8) is 0 Å². The Balaban J connectivity index is 1.31. The number of carbonyl (C=O) groups excluding carboxylic acids is 2. The van der Waals surface area contributed by atoms with E-state index < -0.39 is 24.4 Å². The van der Waals surface area contributed by atoms with Crippen LogP contribution in [-0.2, 0) is 11.3 Å². The normalized spacial score (nSPS) is 18.2. The molecule has 0 bridgehead atoms. The van der Waals surface area contributed by atoms with Crippen LogP contribution in [-0.4, -0.2) is 99.3 Å². The Labute approximate surface area is 209 Å². The first kappa shape index (κ1) is 25.8. The number of benzene rings is 1. The SMILES string of the molecule is NC1CCN(Cc2ccc(-n3ccc(NC(=O)N4CCN(C(=O)[C@@H](N)CO)CC4)nc3=O)cc2)CC1. The third kappa shape index (κ3) is 6.26. The fraction of sp³-hybridized carbons (Fsp3) is 0.500. The number of nitrogens with zero attached hydrogens (tertiary/aromatic N) is 5. The average Bonchev–Trinajstić information content (AvgIpc) is 2.90. The molecule has 36 heavy (non-hydrogen) atoms. The Kier molecular flexibility index (Phi) is 8.31. The van der Waals surface area contributed by atoms with Crippen molar-refractivity contribution in [2.24, 2.45) is 11.5 Å². The maximum Gasteiger partial charge on any atom is 0.354 e. The van der Waals surface area contributed by atoms with Crippen molar-refractivity contribution in [2.75, 3.05) is 51.2 Å². The standard InChI is InChI=1S/C24H34N8O4/c25-18-5-8-29(9-6-18)15-17-1-3-19(4-2-17)32-10-7-21(28-24(32)36)27-23(35)31-13-11-30(12-14-31)22(34)20(26)16-33/h1-4,7,10,18,20,33H,5-6,8-9,11-16,25-26H2,(H,27,28,35,36)/t20-/m0/s1. The molecular formula is C24H34N8O4. The minimum atomic E-state index is -0.952. The van der Waals surface area contributed by atoms with Crippen molar-refractivity contribution < 1.29 is 14.7 Å². The van der Waals surface area contributed by atoms with Crippen LogP contribution in [0.15, 0.2) is 41.3 Å². The van der Waals surface area contributed by atoms with E-state index in [1.165, 1.54) is 19.9 Å². The molecule has 1 atom stereocenters. The molecule has 0 unspecified atom stereocenters. The van der Waals surface area contributed by atoms with Gasteiger partial charge in [0.05, 0.1) is 12.3 Å². The van der Waals surface area contributed by atoms with Crippen molar-refractivity contribution in [3.05, 3.63) is 52.6 Å². The summed E-state index contributed by atoms with van der Waals surface area (Å²) >= 11 is 0. The Bertz CT molecular complexity index is 1110. The molecule has 3 heterocycles. The number of nitrogens with two attached hydrogens (primary N) is 2. The number of likely N-dealkylation sites (tertiary alicyclic amines) is 1. The predicted octanol–water partition coefficient (Wildman–Crippen LogP) is -0.849. The highest BCUT2D eigenvalue weighted by atomic mass is 16.3. The molecule has 2 fully saturated rings. The molecule has 0 aliphatic carbocycles. The number of piperidine rings is 1. The fourth-order valence-electron chi connectivity index (χ4n) is 4.43. The van der Waals surface area contributed by atoms with Crippen LogP contribution in [0.5, 0.6) is 0 Å². The number of nitrogens with one attached hydrogen (secondary N) is 1. The predicted molar refractivity (Wildman–Crippen MR) is 135 cm³/mol. The van der Waals surface area contributed by atoms with Gasteiger partial charge in [0, 0.05) is 45.0 Å². The van der Waals surface area contributed by atoms with E-state index in [1.807, 2.05) is 24.3 Å². The van der Waals surface area contributed by atoms with E-state index in [-0.39, 0.29) is 11.7 Å². The first-order valence-corrected chi connectivity index (χ1v) is 12.2. The maximum atomic E-state index is 12.6. The summed E-state index contributed by atoms with van der Waals surface area (Å²) in [5.74, 6) is -0.186. The Morgan fingerprint density at radius 1 is 1.03 bits per heavy atom. The van der Waals surface area contributed by atoms with Crippen LogP contribution in [0.25, 0.3) is 5.69 Å². The van der Waals surface area contributed by atoms with Crippen LogP contribution in [0.3, 0.4) is 0 Å². The third-order valence-electron chi connectivity index (χ3n) is 6.68. The highest BCUT2D eigenvalue weighted by molar-refractivity contribution is 5.88. The molecule has 2 aromatic rings. The zero-order chi connectivity index (χ0) is 25.7. The van der Waals surface area contributed by atoms with Gasteiger partial charge in [0.25, 0.3) is 0 Å². The molecule has 0 radical (unpaired) electrons. The van der Waals surface area contributed by atoms with Gasteiger partial charge in [-0.15, -0.1) is 0 Å². The highest BCUT2D eigenvalue weighted by Crippen LogP contribution is 2.15. The second-order valence-corrected chi connectivity index (χ2v) is 9.28. The van der Waals surface area contributed by atoms with Gasteiger partial charge in [0.15, 0.2) is 0 Å². The molecule has 1 aromatic heterocycles. The zero-order valence-electron chi connectivity index (χ0n) is 20.3. The lowest BCUT2D eigenvalue weighted by molar-refractivity contribution is -0.134. The molecule has 12 heteroatoms. The van der Waals surface area contributed by atoms with Crippen LogP contribution in [0.1, 0.15) is 18.4 Å². The summed E-state index contributed by atoms with van der Waals surface area (Å²) in [7, 11) is 0. The lowest BCUT2D eigenvalue weighted by Gasteiger charge is -2.35. The lowest BCUT2D eigenvalue weighted by atomic mass is 10.1. The Hall–Kier alpha value is -3.32. The molecule has 2 saturated heterocycles. The van der Waals surface area contributed by atoms with E-state index >= 15 is 0 Å². The van der Waals surface area contributed by atoms with E-state index in [1.54, 1.807) is 12.3 Å². The minimum Gasteiger partial charge on any atom is -0.394 e. The number of aromatic nitrogens is 2. The number of aliphatic hydroxyl groups is 1. The Morgan fingerprint density at radius 2 is 1.67 bits per heavy atom. The van der Waals surface area contributed by atoms with E-state index in [4.69, 9.17) is 16.6 Å². The van der Waals surface area contributed by atoms with Gasteiger partial charge in [-0.2, -0.15) is 4.98 Å². The summed E-state index contributed by atoms with van der Waals surface area (Å²) in [6, 6.07) is 8.30. The molecule has 1 aromatic carbocycles. The van der Waals surface area contributed by atoms with Gasteiger partial charge in [-0.3, -0.25) is 19.6 Å². The highest BCUT2D eigenvalue weighted by Gasteiger charge is 2.27. The second kappa shape index (κ2) is 11.6. The van der Waals surface area contributed by atoms with Gasteiger partial charge in [0.2, 0.25) is 5.91 Å². The van der Waals surface area contributed by atoms with Gasteiger partial charge in [-0.05, 0) is 49.7 Å². The quantitative estimate of drug-likeness (QED) is 0.400. The summed E-state index contributed by atoms with van der Waals surface area (Å²) < 4.78 is 1.42. The molecular weight excluding hydrogens is 464 g/mol. The number of rotatable bonds is 6. The number of hydrogen-bond acceptors (Lipinski definition) is 8. The number of aliphatic hydroxyl groups excluding tert-OH is 1. The maximum absolute atomic E-state index is 12.6. The fourth-order valence-corrected chi connectivity index (χ4v) is 4.43. The Morgan fingerprint density at radius 3 is 2.28 bits per heavy atom. The minimum absolute atomic E-state index is 0.155. The van der Waals surface area contributed by atoms with Crippen molar-refractivity contribution in [3.8, 4) is 5.69 Å². The van der Waals surface area contributed by atoms with Gasteiger partial charge in [-0.1, -0.05) is 12.1 Å². The van der Waals surface area contributed by atoms with Crippen LogP contribution >= 0.6 is 0 Å². The van der Waals surface area contributed by atoms with Gasteiger partial charge in [0.1, 0.15) is 11.9 Å². The van der Waals surface area contributed by atoms with Gasteiger partial charge < -0.3 is 26.4 Å². The molecule has 3 amide bonds. The molecule has 0 saturated carbocycles. The number of carbonyl (C=O) groups is 2. The number of amides is 3. The summed E-state index contributed by atoms with van der Waals surface area (Å²) in [6.45, 7) is 3.66. The number of urea groups is 1. The molecule has 2 aliphatic rings. The second-order valence-electron chi connectivity index (χ2n) is 9.28. The zero-order valence-corrected chi connectivity index (χ0v) is 20.3. The van der Waals surface area contributed by atoms with Crippen LogP contribution < -0.4 is 22.5 Å². The first-order chi connectivity index (χ1) is 17.3. The van der Waals surface area contributed by atoms with Gasteiger partial charge in [-0.25, -0.2) is 9.59 Å². The molecule has 2 aliphatic heterocycles. The van der Waals surface area contributed by atoms with Crippen molar-refractivity contribution in [1.29, 1.82) is 0 Å². The van der Waals surface area contributed by atoms with Crippen molar-refractivity contribution >= 4 is 17.8 Å². The average molecular weight is 499 g/mol. The summed E-state index contributed by atoms with van der Waals surface area (Å²) in [5.41, 5.74) is 12.9. The molecule has 0 spiro atoms. The molecule has 194 valence electrons. The third-order valence-corrected chi connectivity index (χ3v) is 6.68. The van der Waals surface area contributed by atoms with E-state index in [2.05, 4.69) is 15.2 Å². The van der Waals surface area contributed by atoms with Crippen LogP contribution in [0.2, 0.25) is 0 Å². The molecule has 12 nitrogen and oxygen atoms in total. The van der Waals surface area contributed by atoms with Gasteiger partial charge >= 0.3 is 11.7 Å². The summed E-state index contributed by atoms with van der Waals surface area (Å²) in [5, 5.41) is 11.7. The van der Waals surface area contributed by atoms with Crippen molar-refractivity contribution in [1.82, 2.24) is 24.3 Å². The monoisotopic (exact) mass is 498 g/mol. The smallest absolute Gasteiger partial charge is 0.354 e. The first-order valence-electron chi connectivity index (χ1n) is 12.2. The van der Waals surface area contributed by atoms with E-state index in [9.17, 15) is 14.4 Å². The summed E-state index contributed by atoms with van der Waals surface area (Å²) in [4.78, 5) is 46.8. The van der Waals surface area contributed by atoms with Crippen molar-refractivity contribution in [2.45, 2.75) is 31.5 Å². The number of hydrogen-bond donors (Lipinski definition) is 4. The largest absolute Gasteiger partial charge is 0.394 e. The molecule has 4 rings (SSSR count). The van der Waals surface area contributed by atoms with Crippen LogP contribution in [0.4, 0.5) is 10.6 Å². The topological polar surface area (TPSA) is 163 Å².